The molecule has 160 valence electrons. The maximum absolute atomic E-state index is 13.2. The number of esters is 1. The minimum Gasteiger partial charge on any atom is -0.475 e. The molecular formula is C20H21ClN2O6S. The van der Waals surface area contributed by atoms with Gasteiger partial charge in [0.25, 0.3) is 0 Å². The molecule has 1 heterocycles. The van der Waals surface area contributed by atoms with Gasteiger partial charge in [-0.15, -0.1) is 0 Å². The molecule has 0 fully saturated rings. The number of methoxy groups -OCH3 is 1. The molecule has 0 unspecified atom stereocenters. The molecule has 3 rings (SSSR count). The Morgan fingerprint density at radius 1 is 1.23 bits per heavy atom. The van der Waals surface area contributed by atoms with Gasteiger partial charge in [-0.05, 0) is 29.8 Å². The van der Waals surface area contributed by atoms with Gasteiger partial charge in [0.05, 0.1) is 31.6 Å². The van der Waals surface area contributed by atoms with E-state index in [1.54, 1.807) is 48.5 Å². The number of hydrogen-bond donors (Lipinski definition) is 1. The van der Waals surface area contributed by atoms with E-state index >= 15 is 0 Å². The van der Waals surface area contributed by atoms with Crippen molar-refractivity contribution >= 4 is 39.2 Å². The highest BCUT2D eigenvalue weighted by Crippen LogP contribution is 2.34. The molecule has 0 bridgehead atoms. The molecule has 8 nitrogen and oxygen atoms in total. The molecule has 2 aromatic rings. The molecule has 0 spiro atoms. The lowest BCUT2D eigenvalue weighted by Gasteiger charge is -2.34. The molecule has 0 aromatic heterocycles. The van der Waals surface area contributed by atoms with Crippen molar-refractivity contribution in [2.45, 2.75) is 18.6 Å². The number of nitrogens with one attached hydrogen (secondary N) is 1. The Labute approximate surface area is 179 Å². The van der Waals surface area contributed by atoms with Crippen molar-refractivity contribution in [3.05, 3.63) is 59.1 Å². The molecule has 1 N–H and O–H groups in total. The van der Waals surface area contributed by atoms with Gasteiger partial charge in [0.15, 0.2) is 0 Å². The van der Waals surface area contributed by atoms with Crippen LogP contribution in [0.1, 0.15) is 18.0 Å². The Kier molecular flexibility index (Phi) is 6.64. The van der Waals surface area contributed by atoms with E-state index in [-0.39, 0.29) is 18.9 Å². The zero-order valence-corrected chi connectivity index (χ0v) is 17.9. The van der Waals surface area contributed by atoms with Crippen molar-refractivity contribution in [2.75, 3.05) is 24.8 Å². The lowest BCUT2D eigenvalue weighted by Crippen LogP contribution is -2.48. The first-order valence-corrected chi connectivity index (χ1v) is 11.3. The second kappa shape index (κ2) is 9.03. The summed E-state index contributed by atoms with van der Waals surface area (Å²) in [7, 11) is -2.36. The van der Waals surface area contributed by atoms with Crippen LogP contribution in [0.5, 0.6) is 5.75 Å². The number of carbonyl (C=O) groups excluding carboxylic acids is 2. The van der Waals surface area contributed by atoms with Gasteiger partial charge in [-0.1, -0.05) is 35.9 Å². The van der Waals surface area contributed by atoms with Crippen molar-refractivity contribution in [2.24, 2.45) is 0 Å². The summed E-state index contributed by atoms with van der Waals surface area (Å²) >= 11 is 5.92. The Balaban J connectivity index is 1.90. The maximum Gasteiger partial charge on any atom is 0.348 e. The van der Waals surface area contributed by atoms with E-state index < -0.39 is 28.1 Å². The van der Waals surface area contributed by atoms with Gasteiger partial charge in [-0.25, -0.2) is 17.9 Å². The molecule has 2 aromatic carbocycles. The molecular weight excluding hydrogens is 432 g/mol. The third-order valence-corrected chi connectivity index (χ3v) is 5.51. The van der Waals surface area contributed by atoms with E-state index in [0.717, 1.165) is 6.26 Å². The van der Waals surface area contributed by atoms with Crippen LogP contribution in [-0.4, -0.2) is 46.3 Å². The minimum absolute atomic E-state index is 0.0469. The highest BCUT2D eigenvalue weighted by atomic mass is 35.5. The molecule has 1 aliphatic heterocycles. The van der Waals surface area contributed by atoms with E-state index in [1.807, 2.05) is 0 Å². The number of halogens is 1. The number of nitrogens with zero attached hydrogens (tertiary/aromatic N) is 1. The predicted octanol–water partition coefficient (Wildman–Crippen LogP) is 2.29. The average molecular weight is 453 g/mol. The maximum atomic E-state index is 13.2. The first-order chi connectivity index (χ1) is 14.2. The number of hydrogen-bond acceptors (Lipinski definition) is 6. The quantitative estimate of drug-likeness (QED) is 0.675. The van der Waals surface area contributed by atoms with Crippen LogP contribution in [0.15, 0.2) is 48.5 Å². The van der Waals surface area contributed by atoms with Gasteiger partial charge in [-0.2, -0.15) is 0 Å². The molecule has 10 heteroatoms. The number of sulfonamides is 1. The zero-order chi connectivity index (χ0) is 21.9. The Morgan fingerprint density at radius 2 is 1.90 bits per heavy atom. The summed E-state index contributed by atoms with van der Waals surface area (Å²) in [6.07, 6.45) is -0.125. The van der Waals surface area contributed by atoms with E-state index in [9.17, 15) is 18.0 Å². The van der Waals surface area contributed by atoms with E-state index in [1.165, 1.54) is 12.0 Å². The van der Waals surface area contributed by atoms with Gasteiger partial charge in [0.2, 0.25) is 22.0 Å². The average Bonchev–Trinajstić information content (AvgIpc) is 2.71. The Morgan fingerprint density at radius 3 is 2.53 bits per heavy atom. The Hall–Kier alpha value is -2.62. The number of benzene rings is 2. The van der Waals surface area contributed by atoms with Crippen LogP contribution in [-0.2, 0) is 24.3 Å². The fraction of sp³-hybridized carbons (Fsp3) is 0.300. The molecule has 1 aliphatic rings. The second-order valence-corrected chi connectivity index (χ2v) is 9.02. The van der Waals surface area contributed by atoms with Gasteiger partial charge in [-0.3, -0.25) is 4.79 Å². The first kappa shape index (κ1) is 22.1. The van der Waals surface area contributed by atoms with E-state index in [0.29, 0.717) is 22.0 Å². The highest BCUT2D eigenvalue weighted by molar-refractivity contribution is 7.88. The highest BCUT2D eigenvalue weighted by Gasteiger charge is 2.35. The number of rotatable bonds is 6. The van der Waals surface area contributed by atoms with Crippen molar-refractivity contribution < 1.29 is 27.5 Å². The number of anilines is 1. The number of fused-ring (bicyclic) bond motifs is 1. The smallest absolute Gasteiger partial charge is 0.348 e. The van der Waals surface area contributed by atoms with Gasteiger partial charge in [0, 0.05) is 11.4 Å². The summed E-state index contributed by atoms with van der Waals surface area (Å²) in [5.41, 5.74) is 1.08. The molecule has 30 heavy (non-hydrogen) atoms. The van der Waals surface area contributed by atoms with Crippen molar-refractivity contribution in [3.8, 4) is 5.75 Å². The SMILES string of the molecule is COC(=O)[C@H]1CN(C(=O)C[C@H](NS(C)(=O)=O)c2ccc(Cl)cc2)c2ccccc2O1. The van der Waals surface area contributed by atoms with E-state index in [4.69, 9.17) is 21.1 Å². The summed E-state index contributed by atoms with van der Waals surface area (Å²) in [6.45, 7) is -0.0469. The lowest BCUT2D eigenvalue weighted by molar-refractivity contribution is -0.148. The largest absolute Gasteiger partial charge is 0.475 e. The van der Waals surface area contributed by atoms with Crippen LogP contribution in [0, 0.1) is 0 Å². The normalized spacial score (nSPS) is 16.9. The van der Waals surface area contributed by atoms with Crippen LogP contribution in [0.3, 0.4) is 0 Å². The van der Waals surface area contributed by atoms with Crippen molar-refractivity contribution in [1.29, 1.82) is 0 Å². The van der Waals surface area contributed by atoms with Gasteiger partial charge in [0.1, 0.15) is 5.75 Å². The van der Waals surface area contributed by atoms with Crippen LogP contribution >= 0.6 is 11.6 Å². The number of ether oxygens (including phenoxy) is 2. The summed E-state index contributed by atoms with van der Waals surface area (Å²) in [4.78, 5) is 26.6. The molecule has 0 aliphatic carbocycles. The molecule has 0 saturated carbocycles. The van der Waals surface area contributed by atoms with Crippen LogP contribution in [0.2, 0.25) is 5.02 Å². The number of carbonyl (C=O) groups is 2. The molecule has 0 saturated heterocycles. The van der Waals surface area contributed by atoms with Gasteiger partial charge >= 0.3 is 5.97 Å². The zero-order valence-electron chi connectivity index (χ0n) is 16.4. The molecule has 2 atom stereocenters. The van der Waals surface area contributed by atoms with Gasteiger partial charge < -0.3 is 14.4 Å². The van der Waals surface area contributed by atoms with Crippen LogP contribution < -0.4 is 14.4 Å². The third kappa shape index (κ3) is 5.29. The minimum atomic E-state index is -3.60. The fourth-order valence-electron chi connectivity index (χ4n) is 3.19. The number of amides is 1. The second-order valence-electron chi connectivity index (χ2n) is 6.80. The summed E-state index contributed by atoms with van der Waals surface area (Å²) in [5.74, 6) is -0.617. The predicted molar refractivity (Wildman–Crippen MR) is 112 cm³/mol. The van der Waals surface area contributed by atoms with E-state index in [2.05, 4.69) is 4.72 Å². The first-order valence-electron chi connectivity index (χ1n) is 9.04. The van der Waals surface area contributed by atoms with Crippen molar-refractivity contribution in [1.82, 2.24) is 4.72 Å². The monoisotopic (exact) mass is 452 g/mol. The van der Waals surface area contributed by atoms with Crippen LogP contribution in [0.4, 0.5) is 5.69 Å². The lowest BCUT2D eigenvalue weighted by atomic mass is 10.0. The topological polar surface area (TPSA) is 102 Å². The molecule has 0 radical (unpaired) electrons. The summed E-state index contributed by atoms with van der Waals surface area (Å²) in [6, 6.07) is 12.6. The standard InChI is InChI=1S/C20H21ClN2O6S/c1-28-20(25)18-12-23(16-5-3-4-6-17(16)29-18)19(24)11-15(22-30(2,26)27)13-7-9-14(21)10-8-13/h3-10,15,18,22H,11-12H2,1-2H3/t15-,18+/m0/s1. The number of para-hydroxylation sites is 2. The van der Waals surface area contributed by atoms with Crippen LogP contribution in [0.25, 0.3) is 0 Å². The summed E-state index contributed by atoms with van der Waals surface area (Å²) < 4.78 is 36.6. The third-order valence-electron chi connectivity index (χ3n) is 4.55. The fourth-order valence-corrected chi connectivity index (χ4v) is 4.05. The summed E-state index contributed by atoms with van der Waals surface area (Å²) in [5, 5.41) is 0.492. The Bertz CT molecular complexity index is 1040. The van der Waals surface area contributed by atoms with Crippen molar-refractivity contribution in [3.63, 3.8) is 0 Å². The molecule has 1 amide bonds.